The van der Waals surface area contributed by atoms with Gasteiger partial charge in [0.05, 0.1) is 24.3 Å². The van der Waals surface area contributed by atoms with Crippen molar-refractivity contribution in [1.82, 2.24) is 14.8 Å². The van der Waals surface area contributed by atoms with Crippen molar-refractivity contribution in [1.29, 1.82) is 0 Å². The first kappa shape index (κ1) is 19.2. The van der Waals surface area contributed by atoms with Gasteiger partial charge in [-0.05, 0) is 37.8 Å². The Kier molecular flexibility index (Phi) is 6.36. The SMILES string of the molecule is Cc1ccc(C(=O)N2CC[C@@H](N(C(N)=O)[C@@H](CO)CC(C)C)C2)cn1. The number of carbonyl (C=O) groups is 2. The number of aromatic nitrogens is 1. The van der Waals surface area contributed by atoms with Crippen LogP contribution in [0.2, 0.25) is 0 Å². The second kappa shape index (κ2) is 8.29. The second-order valence-corrected chi connectivity index (χ2v) is 7.09. The summed E-state index contributed by atoms with van der Waals surface area (Å²) in [6.45, 7) is 6.79. The van der Waals surface area contributed by atoms with Crippen LogP contribution in [0.1, 0.15) is 42.7 Å². The molecule has 1 fully saturated rings. The third kappa shape index (κ3) is 4.69. The number of hydrogen-bond acceptors (Lipinski definition) is 4. The number of nitrogens with two attached hydrogens (primary N) is 1. The molecule has 2 heterocycles. The summed E-state index contributed by atoms with van der Waals surface area (Å²) in [7, 11) is 0. The highest BCUT2D eigenvalue weighted by Crippen LogP contribution is 2.22. The van der Waals surface area contributed by atoms with Crippen molar-refractivity contribution in [2.75, 3.05) is 19.7 Å². The van der Waals surface area contributed by atoms with E-state index in [0.29, 0.717) is 37.4 Å². The number of likely N-dealkylation sites (tertiary alicyclic amines) is 1. The molecule has 3 amide bonds. The van der Waals surface area contributed by atoms with Crippen LogP contribution in [0.25, 0.3) is 0 Å². The molecule has 0 aromatic carbocycles. The Morgan fingerprint density at radius 1 is 1.44 bits per heavy atom. The molecule has 25 heavy (non-hydrogen) atoms. The molecule has 2 atom stereocenters. The van der Waals surface area contributed by atoms with Gasteiger partial charge in [-0.1, -0.05) is 13.8 Å². The molecule has 0 unspecified atom stereocenters. The van der Waals surface area contributed by atoms with Crippen molar-refractivity contribution < 1.29 is 14.7 Å². The van der Waals surface area contributed by atoms with E-state index in [2.05, 4.69) is 4.98 Å². The van der Waals surface area contributed by atoms with Crippen LogP contribution in [-0.4, -0.2) is 63.6 Å². The number of primary amides is 1. The van der Waals surface area contributed by atoms with Gasteiger partial charge in [0, 0.05) is 25.0 Å². The van der Waals surface area contributed by atoms with Crippen LogP contribution in [0.4, 0.5) is 4.79 Å². The normalized spacial score (nSPS) is 18.4. The smallest absolute Gasteiger partial charge is 0.315 e. The number of rotatable bonds is 6. The van der Waals surface area contributed by atoms with Crippen LogP contribution in [0.3, 0.4) is 0 Å². The maximum absolute atomic E-state index is 12.6. The molecule has 7 nitrogen and oxygen atoms in total. The van der Waals surface area contributed by atoms with Crippen molar-refractivity contribution in [3.05, 3.63) is 29.6 Å². The fourth-order valence-electron chi connectivity index (χ4n) is 3.41. The van der Waals surface area contributed by atoms with E-state index in [1.165, 1.54) is 0 Å². The lowest BCUT2D eigenvalue weighted by molar-refractivity contribution is 0.0747. The minimum atomic E-state index is -0.545. The predicted octanol–water partition coefficient (Wildman–Crippen LogP) is 1.39. The summed E-state index contributed by atoms with van der Waals surface area (Å²) in [5, 5.41) is 9.70. The van der Waals surface area contributed by atoms with Gasteiger partial charge in [-0.15, -0.1) is 0 Å². The first-order valence-corrected chi connectivity index (χ1v) is 8.74. The number of pyridine rings is 1. The quantitative estimate of drug-likeness (QED) is 0.811. The molecule has 0 spiro atoms. The minimum absolute atomic E-state index is 0.0937. The molecule has 1 aromatic heterocycles. The van der Waals surface area contributed by atoms with Crippen molar-refractivity contribution in [2.45, 2.75) is 45.7 Å². The van der Waals surface area contributed by atoms with E-state index in [-0.39, 0.29) is 24.6 Å². The Balaban J connectivity index is 2.09. The third-order valence-electron chi connectivity index (χ3n) is 4.60. The molecule has 1 saturated heterocycles. The van der Waals surface area contributed by atoms with Gasteiger partial charge in [-0.3, -0.25) is 9.78 Å². The van der Waals surface area contributed by atoms with Gasteiger partial charge in [0.2, 0.25) is 0 Å². The third-order valence-corrected chi connectivity index (χ3v) is 4.60. The zero-order valence-electron chi connectivity index (χ0n) is 15.2. The maximum Gasteiger partial charge on any atom is 0.315 e. The Morgan fingerprint density at radius 3 is 2.68 bits per heavy atom. The Morgan fingerprint density at radius 2 is 2.16 bits per heavy atom. The van der Waals surface area contributed by atoms with Crippen LogP contribution < -0.4 is 5.73 Å². The molecule has 0 saturated carbocycles. The molecule has 0 bridgehead atoms. The number of hydrogen-bond donors (Lipinski definition) is 2. The van der Waals surface area contributed by atoms with E-state index in [1.54, 1.807) is 28.1 Å². The number of urea groups is 1. The first-order valence-electron chi connectivity index (χ1n) is 8.74. The second-order valence-electron chi connectivity index (χ2n) is 7.09. The van der Waals surface area contributed by atoms with Gasteiger partial charge in [-0.25, -0.2) is 4.79 Å². The predicted molar refractivity (Wildman–Crippen MR) is 95.0 cm³/mol. The van der Waals surface area contributed by atoms with E-state index >= 15 is 0 Å². The number of nitrogens with zero attached hydrogens (tertiary/aromatic N) is 3. The summed E-state index contributed by atoms with van der Waals surface area (Å²) >= 11 is 0. The molecule has 2 rings (SSSR count). The zero-order chi connectivity index (χ0) is 18.6. The Labute approximate surface area is 148 Å². The molecule has 0 radical (unpaired) electrons. The fraction of sp³-hybridized carbons (Fsp3) is 0.611. The number of amides is 3. The minimum Gasteiger partial charge on any atom is -0.394 e. The highest BCUT2D eigenvalue weighted by atomic mass is 16.3. The van der Waals surface area contributed by atoms with Gasteiger partial charge in [0.1, 0.15) is 0 Å². The molecular weight excluding hydrogens is 320 g/mol. The molecule has 3 N–H and O–H groups in total. The van der Waals surface area contributed by atoms with E-state index in [9.17, 15) is 14.7 Å². The highest BCUT2D eigenvalue weighted by Gasteiger charge is 2.36. The summed E-state index contributed by atoms with van der Waals surface area (Å²) in [6, 6.07) is 2.53. The number of aryl methyl sites for hydroxylation is 1. The fourth-order valence-corrected chi connectivity index (χ4v) is 3.41. The number of carbonyl (C=O) groups excluding carboxylic acids is 2. The van der Waals surface area contributed by atoms with Crippen molar-refractivity contribution in [2.24, 2.45) is 11.7 Å². The van der Waals surface area contributed by atoms with Gasteiger partial charge < -0.3 is 20.6 Å². The van der Waals surface area contributed by atoms with Gasteiger partial charge in [0.15, 0.2) is 0 Å². The molecule has 7 heteroatoms. The van der Waals surface area contributed by atoms with Gasteiger partial charge >= 0.3 is 6.03 Å². The average Bonchev–Trinajstić information content (AvgIpc) is 3.03. The highest BCUT2D eigenvalue weighted by molar-refractivity contribution is 5.94. The molecule has 1 aliphatic rings. The van der Waals surface area contributed by atoms with Gasteiger partial charge in [-0.2, -0.15) is 0 Å². The lowest BCUT2D eigenvalue weighted by atomic mass is 10.0. The Hall–Kier alpha value is -2.15. The molecule has 1 aliphatic heterocycles. The van der Waals surface area contributed by atoms with E-state index in [4.69, 9.17) is 5.73 Å². The summed E-state index contributed by atoms with van der Waals surface area (Å²) in [5.41, 5.74) is 6.98. The first-order chi connectivity index (χ1) is 11.8. The number of aliphatic hydroxyl groups excluding tert-OH is 1. The zero-order valence-corrected chi connectivity index (χ0v) is 15.2. The molecular formula is C18H28N4O3. The van der Waals surface area contributed by atoms with E-state index in [0.717, 1.165) is 5.69 Å². The summed E-state index contributed by atoms with van der Waals surface area (Å²) < 4.78 is 0. The summed E-state index contributed by atoms with van der Waals surface area (Å²) in [4.78, 5) is 32.0. The average molecular weight is 348 g/mol. The monoisotopic (exact) mass is 348 g/mol. The van der Waals surface area contributed by atoms with Crippen molar-refractivity contribution in [3.8, 4) is 0 Å². The van der Waals surface area contributed by atoms with Crippen LogP contribution in [-0.2, 0) is 0 Å². The van der Waals surface area contributed by atoms with Crippen LogP contribution in [0.15, 0.2) is 18.3 Å². The standard InChI is InChI=1S/C18H28N4O3/c1-12(2)8-16(11-23)22(18(19)25)15-6-7-21(10-15)17(24)14-5-4-13(3)20-9-14/h4-5,9,12,15-16,23H,6-8,10-11H2,1-3H3,(H2,19,25)/t15-,16-/m1/s1. The Bertz CT molecular complexity index is 603. The largest absolute Gasteiger partial charge is 0.394 e. The number of aliphatic hydroxyl groups is 1. The van der Waals surface area contributed by atoms with Crippen molar-refractivity contribution >= 4 is 11.9 Å². The van der Waals surface area contributed by atoms with Gasteiger partial charge in [0.25, 0.3) is 5.91 Å². The maximum atomic E-state index is 12.6. The summed E-state index contributed by atoms with van der Waals surface area (Å²) in [5.74, 6) is 0.237. The molecule has 1 aromatic rings. The van der Waals surface area contributed by atoms with Crippen LogP contribution in [0.5, 0.6) is 0 Å². The van der Waals surface area contributed by atoms with Crippen LogP contribution >= 0.6 is 0 Å². The lowest BCUT2D eigenvalue weighted by Crippen LogP contribution is -2.52. The summed E-state index contributed by atoms with van der Waals surface area (Å²) in [6.07, 6.45) is 2.90. The van der Waals surface area contributed by atoms with Crippen molar-refractivity contribution in [3.63, 3.8) is 0 Å². The lowest BCUT2D eigenvalue weighted by Gasteiger charge is -2.35. The van der Waals surface area contributed by atoms with E-state index < -0.39 is 6.03 Å². The molecule has 138 valence electrons. The van der Waals surface area contributed by atoms with E-state index in [1.807, 2.05) is 20.8 Å². The van der Waals surface area contributed by atoms with Crippen LogP contribution in [0, 0.1) is 12.8 Å². The topological polar surface area (TPSA) is 99.8 Å². The molecule has 0 aliphatic carbocycles.